The number of fused-ring (bicyclic) bond motifs is 1. The summed E-state index contributed by atoms with van der Waals surface area (Å²) in [6.45, 7) is 1.43. The van der Waals surface area contributed by atoms with Crippen LogP contribution in [0, 0.1) is 17.1 Å². The van der Waals surface area contributed by atoms with Crippen molar-refractivity contribution in [3.63, 3.8) is 0 Å². The largest absolute Gasteiger partial charge is 0.367 e. The van der Waals surface area contributed by atoms with Crippen LogP contribution in [0.1, 0.15) is 18.4 Å². The number of piperidine rings is 1. The van der Waals surface area contributed by atoms with Crippen LogP contribution in [0.25, 0.3) is 5.65 Å². The summed E-state index contributed by atoms with van der Waals surface area (Å²) in [4.78, 5) is 1.99. The first-order chi connectivity index (χ1) is 12.2. The van der Waals surface area contributed by atoms with Crippen molar-refractivity contribution < 1.29 is 4.39 Å². The Labute approximate surface area is 142 Å². The average Bonchev–Trinajstić information content (AvgIpc) is 3.09. The molecular weight excluding hydrogens is 323 g/mol. The number of anilines is 2. The van der Waals surface area contributed by atoms with Crippen molar-refractivity contribution in [2.24, 2.45) is 0 Å². The van der Waals surface area contributed by atoms with Gasteiger partial charge in [0.25, 0.3) is 0 Å². The van der Waals surface area contributed by atoms with Crippen molar-refractivity contribution in [2.45, 2.75) is 18.9 Å². The third kappa shape index (κ3) is 3.06. The van der Waals surface area contributed by atoms with Gasteiger partial charge in [-0.05, 0) is 53.6 Å². The van der Waals surface area contributed by atoms with Crippen LogP contribution in [-0.2, 0) is 0 Å². The van der Waals surface area contributed by atoms with Crippen molar-refractivity contribution in [3.05, 3.63) is 41.7 Å². The second kappa shape index (κ2) is 6.32. The first-order valence-electron chi connectivity index (χ1n) is 7.99. The molecule has 0 amide bonds. The fraction of sp³-hybridized carbons (Fsp3) is 0.312. The van der Waals surface area contributed by atoms with Crippen LogP contribution < -0.4 is 10.2 Å². The van der Waals surface area contributed by atoms with E-state index in [2.05, 4.69) is 25.9 Å². The zero-order chi connectivity index (χ0) is 17.2. The number of nitriles is 1. The Morgan fingerprint density at radius 2 is 2.20 bits per heavy atom. The standard InChI is InChI=1S/C16H15FN8/c17-13-8-11(9-18)3-4-14(13)24-7-1-2-12(10-24)19-15-5-6-16-20-22-23-25(16)21-15/h3-6,8,12H,1-2,7,10H2,(H,19,21)/t12-/m1/s1. The van der Waals surface area contributed by atoms with Gasteiger partial charge in [-0.15, -0.1) is 14.8 Å². The zero-order valence-electron chi connectivity index (χ0n) is 13.3. The van der Waals surface area contributed by atoms with E-state index in [0.29, 0.717) is 29.3 Å². The molecule has 1 N–H and O–H groups in total. The van der Waals surface area contributed by atoms with E-state index < -0.39 is 0 Å². The molecule has 0 aliphatic carbocycles. The molecule has 0 unspecified atom stereocenters. The Morgan fingerprint density at radius 1 is 1.28 bits per heavy atom. The Morgan fingerprint density at radius 3 is 3.04 bits per heavy atom. The number of hydrogen-bond acceptors (Lipinski definition) is 7. The lowest BCUT2D eigenvalue weighted by Gasteiger charge is -2.35. The summed E-state index contributed by atoms with van der Waals surface area (Å²) in [6.07, 6.45) is 1.90. The minimum atomic E-state index is -0.368. The highest BCUT2D eigenvalue weighted by Crippen LogP contribution is 2.25. The van der Waals surface area contributed by atoms with E-state index >= 15 is 0 Å². The van der Waals surface area contributed by atoms with Crippen molar-refractivity contribution >= 4 is 17.2 Å². The molecule has 1 aromatic carbocycles. The molecule has 1 aliphatic heterocycles. The van der Waals surface area contributed by atoms with Crippen LogP contribution >= 0.6 is 0 Å². The Kier molecular flexibility index (Phi) is 3.85. The number of hydrogen-bond donors (Lipinski definition) is 1. The SMILES string of the molecule is N#Cc1ccc(N2CCC[C@@H](Nc3ccc4nnnn4n3)C2)c(F)c1. The Hall–Kier alpha value is -3.28. The van der Waals surface area contributed by atoms with Crippen molar-refractivity contribution in [3.8, 4) is 6.07 Å². The minimum Gasteiger partial charge on any atom is -0.367 e. The molecule has 0 spiro atoms. The summed E-state index contributed by atoms with van der Waals surface area (Å²) in [5, 5.41) is 27.7. The van der Waals surface area contributed by atoms with Gasteiger partial charge in [0.05, 0.1) is 17.3 Å². The van der Waals surface area contributed by atoms with Gasteiger partial charge in [0.15, 0.2) is 5.65 Å². The minimum absolute atomic E-state index is 0.130. The molecule has 0 saturated carbocycles. The molecule has 3 aromatic rings. The van der Waals surface area contributed by atoms with Gasteiger partial charge in [-0.25, -0.2) is 4.39 Å². The molecular formula is C16H15FN8. The summed E-state index contributed by atoms with van der Waals surface area (Å²) < 4.78 is 15.6. The second-order valence-electron chi connectivity index (χ2n) is 5.95. The van der Waals surface area contributed by atoms with E-state index in [9.17, 15) is 4.39 Å². The molecule has 1 aliphatic rings. The van der Waals surface area contributed by atoms with Crippen LogP contribution in [0.2, 0.25) is 0 Å². The Balaban J connectivity index is 1.50. The van der Waals surface area contributed by atoms with Gasteiger partial charge in [-0.1, -0.05) is 0 Å². The van der Waals surface area contributed by atoms with Gasteiger partial charge in [-0.3, -0.25) is 0 Å². The average molecular weight is 338 g/mol. The zero-order valence-corrected chi connectivity index (χ0v) is 13.3. The predicted octanol–water partition coefficient (Wildman–Crippen LogP) is 1.61. The number of benzene rings is 1. The van der Waals surface area contributed by atoms with Crippen LogP contribution in [0.15, 0.2) is 30.3 Å². The molecule has 0 bridgehead atoms. The van der Waals surface area contributed by atoms with Crippen molar-refractivity contribution in [1.29, 1.82) is 5.26 Å². The number of nitrogens with zero attached hydrogens (tertiary/aromatic N) is 7. The van der Waals surface area contributed by atoms with Crippen LogP contribution in [0.3, 0.4) is 0 Å². The van der Waals surface area contributed by atoms with Gasteiger partial charge in [0.2, 0.25) is 0 Å². The molecule has 1 fully saturated rings. The van der Waals surface area contributed by atoms with Gasteiger partial charge >= 0.3 is 0 Å². The summed E-state index contributed by atoms with van der Waals surface area (Å²) >= 11 is 0. The monoisotopic (exact) mass is 338 g/mol. The fourth-order valence-electron chi connectivity index (χ4n) is 3.08. The first-order valence-corrected chi connectivity index (χ1v) is 7.99. The number of nitrogens with one attached hydrogen (secondary N) is 1. The maximum Gasteiger partial charge on any atom is 0.200 e. The van der Waals surface area contributed by atoms with E-state index in [4.69, 9.17) is 5.26 Å². The number of rotatable bonds is 3. The van der Waals surface area contributed by atoms with E-state index in [1.165, 1.54) is 10.7 Å². The molecule has 8 nitrogen and oxygen atoms in total. The number of aromatic nitrogens is 5. The quantitative estimate of drug-likeness (QED) is 0.775. The smallest absolute Gasteiger partial charge is 0.200 e. The fourth-order valence-corrected chi connectivity index (χ4v) is 3.08. The molecule has 1 atom stereocenters. The molecule has 0 radical (unpaired) electrons. The molecule has 3 heterocycles. The van der Waals surface area contributed by atoms with Gasteiger partial charge in [0.1, 0.15) is 11.6 Å². The van der Waals surface area contributed by atoms with E-state index in [0.717, 1.165) is 19.4 Å². The first kappa shape index (κ1) is 15.3. The molecule has 25 heavy (non-hydrogen) atoms. The van der Waals surface area contributed by atoms with Crippen LogP contribution in [-0.4, -0.2) is 44.4 Å². The van der Waals surface area contributed by atoms with Crippen molar-refractivity contribution in [1.82, 2.24) is 25.3 Å². The van der Waals surface area contributed by atoms with Gasteiger partial charge in [0, 0.05) is 19.1 Å². The lowest BCUT2D eigenvalue weighted by atomic mass is 10.0. The van der Waals surface area contributed by atoms with E-state index in [1.807, 2.05) is 17.0 Å². The topological polar surface area (TPSA) is 95.0 Å². The molecule has 4 rings (SSSR count). The van der Waals surface area contributed by atoms with Gasteiger partial charge in [-0.2, -0.15) is 5.26 Å². The lowest BCUT2D eigenvalue weighted by molar-refractivity contribution is 0.517. The van der Waals surface area contributed by atoms with E-state index in [1.54, 1.807) is 18.2 Å². The molecule has 1 saturated heterocycles. The number of halogens is 1. The second-order valence-corrected chi connectivity index (χ2v) is 5.95. The Bertz CT molecular complexity index is 947. The summed E-state index contributed by atoms with van der Waals surface area (Å²) in [6, 6.07) is 10.3. The predicted molar refractivity (Wildman–Crippen MR) is 88.5 cm³/mol. The highest BCUT2D eigenvalue weighted by atomic mass is 19.1. The van der Waals surface area contributed by atoms with Crippen molar-refractivity contribution in [2.75, 3.05) is 23.3 Å². The maximum absolute atomic E-state index is 14.3. The number of tetrazole rings is 1. The molecule has 2 aromatic heterocycles. The highest BCUT2D eigenvalue weighted by Gasteiger charge is 2.22. The summed E-state index contributed by atoms with van der Waals surface area (Å²) in [7, 11) is 0. The lowest BCUT2D eigenvalue weighted by Crippen LogP contribution is -2.42. The molecule has 9 heteroatoms. The van der Waals surface area contributed by atoms with Gasteiger partial charge < -0.3 is 10.2 Å². The summed E-state index contributed by atoms with van der Waals surface area (Å²) in [5.41, 5.74) is 1.43. The van der Waals surface area contributed by atoms with E-state index in [-0.39, 0.29) is 11.9 Å². The van der Waals surface area contributed by atoms with Crippen LogP contribution in [0.4, 0.5) is 15.9 Å². The summed E-state index contributed by atoms with van der Waals surface area (Å²) in [5.74, 6) is 0.305. The molecule has 126 valence electrons. The highest BCUT2D eigenvalue weighted by molar-refractivity contribution is 5.52. The maximum atomic E-state index is 14.3. The third-order valence-electron chi connectivity index (χ3n) is 4.26. The normalized spacial score (nSPS) is 17.4. The van der Waals surface area contributed by atoms with Crippen LogP contribution in [0.5, 0.6) is 0 Å². The third-order valence-corrected chi connectivity index (χ3v) is 4.26.